The molecule has 0 bridgehead atoms. The van der Waals surface area contributed by atoms with Gasteiger partial charge in [0.25, 0.3) is 11.8 Å². The van der Waals surface area contributed by atoms with E-state index in [0.29, 0.717) is 26.4 Å². The molecule has 6 nitrogen and oxygen atoms in total. The van der Waals surface area contributed by atoms with Crippen molar-refractivity contribution in [1.29, 1.82) is 0 Å². The van der Waals surface area contributed by atoms with Gasteiger partial charge in [-0.25, -0.2) is 0 Å². The lowest BCUT2D eigenvalue weighted by Crippen LogP contribution is -2.30. The van der Waals surface area contributed by atoms with Crippen LogP contribution in [0.2, 0.25) is 0 Å². The van der Waals surface area contributed by atoms with Crippen molar-refractivity contribution in [2.75, 3.05) is 19.0 Å². The van der Waals surface area contributed by atoms with E-state index < -0.39 is 0 Å². The molecule has 0 unspecified atom stereocenters. The number of amides is 2. The van der Waals surface area contributed by atoms with Crippen LogP contribution in [0.25, 0.3) is 6.08 Å². The highest BCUT2D eigenvalue weighted by atomic mass is 32.2. The van der Waals surface area contributed by atoms with Crippen molar-refractivity contribution in [3.63, 3.8) is 0 Å². The molecule has 2 aromatic carbocycles. The number of thiocarbonyl (C=S) groups is 1. The van der Waals surface area contributed by atoms with Crippen molar-refractivity contribution in [3.05, 3.63) is 58.5 Å². The molecule has 160 valence electrons. The van der Waals surface area contributed by atoms with Crippen LogP contribution in [-0.2, 0) is 9.59 Å². The average Bonchev–Trinajstić information content (AvgIpc) is 3.54. The van der Waals surface area contributed by atoms with Crippen LogP contribution in [0.3, 0.4) is 0 Å². The number of rotatable bonds is 7. The highest BCUT2D eigenvalue weighted by molar-refractivity contribution is 8.26. The minimum absolute atomic E-state index is 0.0374. The van der Waals surface area contributed by atoms with Crippen LogP contribution in [0.15, 0.2) is 47.4 Å². The fourth-order valence-electron chi connectivity index (χ4n) is 3.15. The van der Waals surface area contributed by atoms with E-state index in [1.54, 1.807) is 23.1 Å². The Labute approximate surface area is 190 Å². The number of methoxy groups -OCH3 is 1. The summed E-state index contributed by atoms with van der Waals surface area (Å²) in [4.78, 5) is 27.1. The van der Waals surface area contributed by atoms with Crippen LogP contribution in [0, 0.1) is 6.92 Å². The van der Waals surface area contributed by atoms with Gasteiger partial charge >= 0.3 is 0 Å². The first-order valence-electron chi connectivity index (χ1n) is 9.89. The lowest BCUT2D eigenvalue weighted by Gasteiger charge is -2.12. The van der Waals surface area contributed by atoms with Crippen molar-refractivity contribution in [1.82, 2.24) is 4.90 Å². The first kappa shape index (κ1) is 21.4. The highest BCUT2D eigenvalue weighted by Crippen LogP contribution is 2.40. The third-order valence-corrected chi connectivity index (χ3v) is 6.25. The number of carbonyl (C=O) groups is 2. The molecule has 1 N–H and O–H groups in total. The van der Waals surface area contributed by atoms with Crippen LogP contribution in [0.1, 0.15) is 24.0 Å². The van der Waals surface area contributed by atoms with Crippen molar-refractivity contribution in [3.8, 4) is 11.5 Å². The van der Waals surface area contributed by atoms with E-state index in [0.717, 1.165) is 24.0 Å². The first-order valence-corrected chi connectivity index (χ1v) is 11.1. The summed E-state index contributed by atoms with van der Waals surface area (Å²) in [5, 5.41) is 2.79. The van der Waals surface area contributed by atoms with Crippen LogP contribution in [0.4, 0.5) is 5.69 Å². The van der Waals surface area contributed by atoms with Gasteiger partial charge in [-0.05, 0) is 55.7 Å². The van der Waals surface area contributed by atoms with E-state index in [-0.39, 0.29) is 24.5 Å². The molecule has 2 aromatic rings. The lowest BCUT2D eigenvalue weighted by atomic mass is 10.2. The summed E-state index contributed by atoms with van der Waals surface area (Å²) >= 11 is 6.68. The number of thioether (sulfide) groups is 1. The summed E-state index contributed by atoms with van der Waals surface area (Å²) in [6.07, 6.45) is 3.83. The maximum absolute atomic E-state index is 12.6. The van der Waals surface area contributed by atoms with Gasteiger partial charge in [-0.2, -0.15) is 0 Å². The molecule has 0 atom stereocenters. The summed E-state index contributed by atoms with van der Waals surface area (Å²) < 4.78 is 11.7. The number of nitrogens with one attached hydrogen (secondary N) is 1. The number of anilines is 1. The molecule has 8 heteroatoms. The predicted molar refractivity (Wildman–Crippen MR) is 126 cm³/mol. The minimum atomic E-state index is -0.265. The van der Waals surface area contributed by atoms with Gasteiger partial charge in [0.15, 0.2) is 18.1 Å². The van der Waals surface area contributed by atoms with Gasteiger partial charge in [-0.1, -0.05) is 47.7 Å². The molecule has 1 aliphatic heterocycles. The largest absolute Gasteiger partial charge is 0.493 e. The summed E-state index contributed by atoms with van der Waals surface area (Å²) in [6.45, 7) is 1.84. The topological polar surface area (TPSA) is 67.9 Å². The second-order valence-corrected chi connectivity index (χ2v) is 9.07. The fourth-order valence-corrected chi connectivity index (χ4v) is 4.55. The van der Waals surface area contributed by atoms with Gasteiger partial charge in [-0.15, -0.1) is 0 Å². The number of nitrogens with zero attached hydrogens (tertiary/aromatic N) is 1. The monoisotopic (exact) mass is 454 g/mol. The Morgan fingerprint density at radius 2 is 1.97 bits per heavy atom. The molecule has 1 heterocycles. The molecule has 2 fully saturated rings. The number of hydrogen-bond donors (Lipinski definition) is 1. The molecular weight excluding hydrogens is 432 g/mol. The van der Waals surface area contributed by atoms with Gasteiger partial charge in [0.1, 0.15) is 4.32 Å². The van der Waals surface area contributed by atoms with E-state index in [9.17, 15) is 9.59 Å². The zero-order valence-electron chi connectivity index (χ0n) is 17.2. The summed E-state index contributed by atoms with van der Waals surface area (Å²) in [5.41, 5.74) is 2.63. The molecule has 4 rings (SSSR count). The second-order valence-electron chi connectivity index (χ2n) is 7.40. The van der Waals surface area contributed by atoms with E-state index in [1.807, 2.05) is 37.3 Å². The second kappa shape index (κ2) is 9.11. The zero-order valence-corrected chi connectivity index (χ0v) is 18.8. The van der Waals surface area contributed by atoms with Gasteiger partial charge in [0, 0.05) is 11.7 Å². The first-order chi connectivity index (χ1) is 14.9. The zero-order chi connectivity index (χ0) is 22.0. The smallest absolute Gasteiger partial charge is 0.266 e. The molecule has 1 aliphatic carbocycles. The molecule has 2 amide bonds. The number of hydrogen-bond acceptors (Lipinski definition) is 6. The molecule has 0 aromatic heterocycles. The Bertz CT molecular complexity index is 1060. The molecule has 31 heavy (non-hydrogen) atoms. The predicted octanol–water partition coefficient (Wildman–Crippen LogP) is 4.38. The van der Waals surface area contributed by atoms with Crippen LogP contribution in [0.5, 0.6) is 11.5 Å². The average molecular weight is 455 g/mol. The fraction of sp³-hybridized carbons (Fsp3) is 0.261. The summed E-state index contributed by atoms with van der Waals surface area (Å²) in [6, 6.07) is 13.1. The molecule has 0 spiro atoms. The van der Waals surface area contributed by atoms with Gasteiger partial charge < -0.3 is 14.8 Å². The van der Waals surface area contributed by atoms with Crippen LogP contribution in [-0.4, -0.2) is 40.8 Å². The lowest BCUT2D eigenvalue weighted by molar-refractivity contribution is -0.122. The Balaban J connectivity index is 1.41. The number of benzene rings is 2. The Morgan fingerprint density at radius 1 is 1.23 bits per heavy atom. The van der Waals surface area contributed by atoms with Crippen molar-refractivity contribution >= 4 is 51.9 Å². The van der Waals surface area contributed by atoms with E-state index in [2.05, 4.69) is 5.32 Å². The standard InChI is InChI=1S/C23H22N2O4S2/c1-14-3-6-16(7-4-14)24-21(26)13-29-18-10-5-15(11-19(18)28-2)12-20-22(27)25(17-8-9-17)23(30)31-20/h3-7,10-12,17H,8-9,13H2,1-2H3,(H,24,26)/b20-12-. The molecule has 0 radical (unpaired) electrons. The van der Waals surface area contributed by atoms with Crippen molar-refractivity contribution < 1.29 is 19.1 Å². The maximum Gasteiger partial charge on any atom is 0.266 e. The molecule has 1 saturated carbocycles. The Hall–Kier alpha value is -2.84. The van der Waals surface area contributed by atoms with Gasteiger partial charge in [0.2, 0.25) is 0 Å². The highest BCUT2D eigenvalue weighted by Gasteiger charge is 2.41. The molecule has 1 saturated heterocycles. The third kappa shape index (κ3) is 5.08. The van der Waals surface area contributed by atoms with Gasteiger partial charge in [-0.3, -0.25) is 14.5 Å². The maximum atomic E-state index is 12.6. The number of carbonyl (C=O) groups excluding carboxylic acids is 2. The number of ether oxygens (including phenoxy) is 2. The van der Waals surface area contributed by atoms with Crippen LogP contribution < -0.4 is 14.8 Å². The Kier molecular flexibility index (Phi) is 6.29. The normalized spacial score (nSPS) is 17.2. The van der Waals surface area contributed by atoms with Gasteiger partial charge in [0.05, 0.1) is 12.0 Å². The third-order valence-electron chi connectivity index (χ3n) is 4.92. The quantitative estimate of drug-likeness (QED) is 0.495. The number of aryl methyl sites for hydroxylation is 1. The van der Waals surface area contributed by atoms with E-state index in [1.165, 1.54) is 18.9 Å². The Morgan fingerprint density at radius 3 is 2.65 bits per heavy atom. The van der Waals surface area contributed by atoms with E-state index in [4.69, 9.17) is 21.7 Å². The van der Waals surface area contributed by atoms with Crippen molar-refractivity contribution in [2.24, 2.45) is 0 Å². The SMILES string of the molecule is COc1cc(/C=C2\SC(=S)N(C3CC3)C2=O)ccc1OCC(=O)Nc1ccc(C)cc1. The minimum Gasteiger partial charge on any atom is -0.493 e. The molecule has 2 aliphatic rings. The summed E-state index contributed by atoms with van der Waals surface area (Å²) in [5.74, 6) is 0.627. The van der Waals surface area contributed by atoms with Crippen LogP contribution >= 0.6 is 24.0 Å². The summed E-state index contributed by atoms with van der Waals surface area (Å²) in [7, 11) is 1.53. The molecular formula is C23H22N2O4S2. The van der Waals surface area contributed by atoms with Crippen molar-refractivity contribution in [2.45, 2.75) is 25.8 Å². The van der Waals surface area contributed by atoms with E-state index >= 15 is 0 Å².